The van der Waals surface area contributed by atoms with Gasteiger partial charge in [0, 0.05) is 17.0 Å². The molecule has 66 valence electrons. The van der Waals surface area contributed by atoms with Crippen molar-refractivity contribution in [1.82, 2.24) is 4.98 Å². The third-order valence-electron chi connectivity index (χ3n) is 1.70. The Morgan fingerprint density at radius 3 is 2.85 bits per heavy atom. The zero-order valence-corrected chi connectivity index (χ0v) is 6.65. The van der Waals surface area contributed by atoms with Crippen molar-refractivity contribution in [3.8, 4) is 5.88 Å². The van der Waals surface area contributed by atoms with Crippen molar-refractivity contribution in [3.05, 3.63) is 30.3 Å². The number of nitrogens with one attached hydrogen (secondary N) is 1. The molecule has 2 N–H and O–H groups in total. The van der Waals surface area contributed by atoms with Crippen LogP contribution in [0.5, 0.6) is 5.88 Å². The summed E-state index contributed by atoms with van der Waals surface area (Å²) in [5.41, 5.74) is 0.860. The third kappa shape index (κ3) is 1.46. The molecule has 13 heavy (non-hydrogen) atoms. The van der Waals surface area contributed by atoms with Gasteiger partial charge in [0.25, 0.3) is 0 Å². The van der Waals surface area contributed by atoms with Gasteiger partial charge >= 0.3 is 6.16 Å². The lowest BCUT2D eigenvalue weighted by molar-refractivity contribution is 0.143. The number of aromatic amines is 1. The molecule has 0 unspecified atom stereocenters. The third-order valence-corrected chi connectivity index (χ3v) is 1.70. The Bertz CT molecular complexity index is 414. The van der Waals surface area contributed by atoms with Gasteiger partial charge in [0.2, 0.25) is 5.88 Å². The van der Waals surface area contributed by atoms with E-state index in [1.807, 2.05) is 24.3 Å². The minimum atomic E-state index is -1.31. The number of aromatic nitrogens is 1. The van der Waals surface area contributed by atoms with Gasteiger partial charge in [-0.1, -0.05) is 18.2 Å². The van der Waals surface area contributed by atoms with Crippen LogP contribution >= 0.6 is 0 Å². The minimum Gasteiger partial charge on any atom is -0.449 e. The number of fused-ring (bicyclic) bond motifs is 1. The van der Waals surface area contributed by atoms with Crippen molar-refractivity contribution in [3.63, 3.8) is 0 Å². The average molecular weight is 177 g/mol. The van der Waals surface area contributed by atoms with Crippen LogP contribution in [0.3, 0.4) is 0 Å². The van der Waals surface area contributed by atoms with Gasteiger partial charge in [-0.05, 0) is 6.07 Å². The van der Waals surface area contributed by atoms with Crippen LogP contribution in [-0.2, 0) is 0 Å². The molecule has 0 aliphatic carbocycles. The summed E-state index contributed by atoms with van der Waals surface area (Å²) in [6, 6.07) is 9.11. The number of ether oxygens (including phenoxy) is 1. The Labute approximate surface area is 73.8 Å². The maximum absolute atomic E-state index is 10.2. The van der Waals surface area contributed by atoms with Crippen LogP contribution in [0.4, 0.5) is 4.79 Å². The van der Waals surface area contributed by atoms with Crippen LogP contribution < -0.4 is 4.74 Å². The summed E-state index contributed by atoms with van der Waals surface area (Å²) < 4.78 is 4.46. The van der Waals surface area contributed by atoms with Crippen LogP contribution in [0.1, 0.15) is 0 Å². The van der Waals surface area contributed by atoms with E-state index in [1.54, 1.807) is 6.07 Å². The van der Waals surface area contributed by atoms with E-state index in [0.717, 1.165) is 10.9 Å². The highest BCUT2D eigenvalue weighted by Gasteiger charge is 2.03. The smallest absolute Gasteiger partial charge is 0.449 e. The first-order valence-corrected chi connectivity index (χ1v) is 3.74. The predicted molar refractivity (Wildman–Crippen MR) is 47.0 cm³/mol. The van der Waals surface area contributed by atoms with E-state index in [2.05, 4.69) is 9.72 Å². The summed E-state index contributed by atoms with van der Waals surface area (Å²) >= 11 is 0. The average Bonchev–Trinajstić information content (AvgIpc) is 2.44. The fraction of sp³-hybridized carbons (Fsp3) is 0. The monoisotopic (exact) mass is 177 g/mol. The largest absolute Gasteiger partial charge is 0.512 e. The van der Waals surface area contributed by atoms with Crippen molar-refractivity contribution in [1.29, 1.82) is 0 Å². The molecule has 0 spiro atoms. The van der Waals surface area contributed by atoms with Crippen LogP contribution in [-0.4, -0.2) is 16.2 Å². The van der Waals surface area contributed by atoms with Gasteiger partial charge in [-0.3, -0.25) is 0 Å². The minimum absolute atomic E-state index is 0.244. The Morgan fingerprint density at radius 1 is 1.38 bits per heavy atom. The van der Waals surface area contributed by atoms with E-state index in [-0.39, 0.29) is 5.88 Å². The van der Waals surface area contributed by atoms with E-state index >= 15 is 0 Å². The summed E-state index contributed by atoms with van der Waals surface area (Å²) in [5.74, 6) is 0.244. The zero-order valence-electron chi connectivity index (χ0n) is 6.65. The van der Waals surface area contributed by atoms with E-state index in [1.165, 1.54) is 0 Å². The molecule has 0 radical (unpaired) electrons. The van der Waals surface area contributed by atoms with E-state index in [0.29, 0.717) is 0 Å². The topological polar surface area (TPSA) is 62.3 Å². The molecule has 0 aliphatic heterocycles. The van der Waals surface area contributed by atoms with Crippen LogP contribution in [0, 0.1) is 0 Å². The fourth-order valence-electron chi connectivity index (χ4n) is 1.20. The molecular formula is C9H7NO3. The van der Waals surface area contributed by atoms with E-state index in [4.69, 9.17) is 5.11 Å². The molecule has 1 heterocycles. The summed E-state index contributed by atoms with van der Waals surface area (Å²) in [6.45, 7) is 0. The lowest BCUT2D eigenvalue weighted by Gasteiger charge is -1.91. The number of hydrogen-bond acceptors (Lipinski definition) is 2. The van der Waals surface area contributed by atoms with Crippen LogP contribution in [0.15, 0.2) is 30.3 Å². The van der Waals surface area contributed by atoms with Crippen molar-refractivity contribution in [2.24, 2.45) is 0 Å². The Hall–Kier alpha value is -1.97. The molecule has 1 aromatic heterocycles. The maximum atomic E-state index is 10.2. The predicted octanol–water partition coefficient (Wildman–Crippen LogP) is 2.22. The second-order valence-corrected chi connectivity index (χ2v) is 2.59. The fourth-order valence-corrected chi connectivity index (χ4v) is 1.20. The van der Waals surface area contributed by atoms with E-state index < -0.39 is 6.16 Å². The van der Waals surface area contributed by atoms with Gasteiger partial charge in [0.15, 0.2) is 0 Å². The van der Waals surface area contributed by atoms with Crippen molar-refractivity contribution in [2.75, 3.05) is 0 Å². The highest BCUT2D eigenvalue weighted by Crippen LogP contribution is 2.19. The molecule has 2 aromatic rings. The lowest BCUT2D eigenvalue weighted by atomic mass is 10.3. The zero-order chi connectivity index (χ0) is 9.26. The van der Waals surface area contributed by atoms with Gasteiger partial charge in [-0.15, -0.1) is 0 Å². The number of H-pyrrole nitrogens is 1. The summed E-state index contributed by atoms with van der Waals surface area (Å²) in [5, 5.41) is 9.28. The maximum Gasteiger partial charge on any atom is 0.512 e. The van der Waals surface area contributed by atoms with Crippen LogP contribution in [0.25, 0.3) is 10.9 Å². The van der Waals surface area contributed by atoms with E-state index in [9.17, 15) is 4.79 Å². The molecule has 4 nitrogen and oxygen atoms in total. The first-order chi connectivity index (χ1) is 6.25. The summed E-state index contributed by atoms with van der Waals surface area (Å²) in [7, 11) is 0. The van der Waals surface area contributed by atoms with Crippen molar-refractivity contribution < 1.29 is 14.6 Å². The van der Waals surface area contributed by atoms with Gasteiger partial charge in [-0.2, -0.15) is 0 Å². The second kappa shape index (κ2) is 2.82. The molecule has 0 saturated heterocycles. The highest BCUT2D eigenvalue weighted by molar-refractivity contribution is 5.81. The van der Waals surface area contributed by atoms with Gasteiger partial charge in [-0.25, -0.2) is 4.79 Å². The molecule has 0 atom stereocenters. The Morgan fingerprint density at radius 2 is 2.15 bits per heavy atom. The molecule has 4 heteroatoms. The first-order valence-electron chi connectivity index (χ1n) is 3.74. The molecular weight excluding hydrogens is 170 g/mol. The molecule has 2 rings (SSSR count). The summed E-state index contributed by atoms with van der Waals surface area (Å²) in [6.07, 6.45) is -1.31. The summed E-state index contributed by atoms with van der Waals surface area (Å²) in [4.78, 5) is 13.0. The number of rotatable bonds is 1. The molecule has 0 amide bonds. The number of carbonyl (C=O) groups is 1. The van der Waals surface area contributed by atoms with Gasteiger partial charge in [0.05, 0.1) is 0 Å². The molecule has 1 aromatic carbocycles. The first kappa shape index (κ1) is 7.67. The SMILES string of the molecule is O=C(O)Oc1cc2ccccc2[nH]1. The lowest BCUT2D eigenvalue weighted by Crippen LogP contribution is -2.02. The molecule has 0 fully saturated rings. The van der Waals surface area contributed by atoms with Crippen molar-refractivity contribution >= 4 is 17.1 Å². The Kier molecular flexibility index (Phi) is 1.66. The highest BCUT2D eigenvalue weighted by atomic mass is 16.7. The number of benzene rings is 1. The van der Waals surface area contributed by atoms with Gasteiger partial charge < -0.3 is 14.8 Å². The molecule has 0 aliphatic rings. The molecule has 0 saturated carbocycles. The van der Waals surface area contributed by atoms with Gasteiger partial charge in [0.1, 0.15) is 0 Å². The second-order valence-electron chi connectivity index (χ2n) is 2.59. The van der Waals surface area contributed by atoms with Crippen molar-refractivity contribution in [2.45, 2.75) is 0 Å². The number of hydrogen-bond donors (Lipinski definition) is 2. The number of carboxylic acid groups (broad SMARTS) is 1. The number of para-hydroxylation sites is 1. The Balaban J connectivity index is 2.44. The van der Waals surface area contributed by atoms with Crippen LogP contribution in [0.2, 0.25) is 0 Å². The normalized spacial score (nSPS) is 10.2. The standard InChI is InChI=1S/C9H7NO3/c11-9(12)13-8-5-6-3-1-2-4-7(6)10-8/h1-5,10H,(H,11,12). The molecule has 0 bridgehead atoms. The quantitative estimate of drug-likeness (QED) is 0.656.